The summed E-state index contributed by atoms with van der Waals surface area (Å²) in [5, 5.41) is 0. The van der Waals surface area contributed by atoms with Crippen LogP contribution in [0.1, 0.15) is 24.2 Å². The molecular weight excluding hydrogens is 296 g/mol. The number of ketones is 1. The number of carbonyl (C=O) groups is 2. The fraction of sp³-hybridized carbons (Fsp3) is 0.385. The van der Waals surface area contributed by atoms with Crippen molar-refractivity contribution in [1.82, 2.24) is 0 Å². The van der Waals surface area contributed by atoms with E-state index in [4.69, 9.17) is 0 Å². The Morgan fingerprint density at radius 3 is 2.50 bits per heavy atom. The first-order chi connectivity index (χ1) is 8.58. The minimum atomic E-state index is -0.414. The summed E-state index contributed by atoms with van der Waals surface area (Å²) in [7, 11) is 0. The maximum Gasteiger partial charge on any atom is 0.303 e. The molecule has 0 aliphatic carbocycles. The lowest BCUT2D eigenvalue weighted by molar-refractivity contribution is -0.895. The molecule has 2 rings (SSSR count). The Hall–Kier alpha value is -1.20. The van der Waals surface area contributed by atoms with Gasteiger partial charge in [0.25, 0.3) is 5.78 Å². The van der Waals surface area contributed by atoms with E-state index >= 15 is 0 Å². The standard InChI is InChI=1S/C13H15BrN2O2/c1-3-15(4-2)8-16-11-6-5-9(14)7-10(11)12(17)13(16)18/h5-7H,3-4,8H2,1-2H3/p+1. The monoisotopic (exact) mass is 311 g/mol. The van der Waals surface area contributed by atoms with Crippen LogP contribution in [-0.2, 0) is 4.79 Å². The number of anilines is 1. The van der Waals surface area contributed by atoms with Gasteiger partial charge in [0, 0.05) is 4.47 Å². The topological polar surface area (TPSA) is 41.8 Å². The van der Waals surface area contributed by atoms with Gasteiger partial charge >= 0.3 is 5.91 Å². The van der Waals surface area contributed by atoms with Crippen molar-refractivity contribution in [3.8, 4) is 0 Å². The highest BCUT2D eigenvalue weighted by Crippen LogP contribution is 2.30. The van der Waals surface area contributed by atoms with Crippen molar-refractivity contribution in [3.05, 3.63) is 28.2 Å². The summed E-state index contributed by atoms with van der Waals surface area (Å²) < 4.78 is 0.819. The van der Waals surface area contributed by atoms with E-state index in [1.165, 1.54) is 4.90 Å². The van der Waals surface area contributed by atoms with Crippen molar-refractivity contribution >= 4 is 33.3 Å². The molecule has 0 saturated carbocycles. The molecule has 0 atom stereocenters. The van der Waals surface area contributed by atoms with Gasteiger partial charge in [0.15, 0.2) is 6.67 Å². The normalized spacial score (nSPS) is 14.6. The number of rotatable bonds is 4. The average Bonchev–Trinajstić information content (AvgIpc) is 2.60. The number of hydrogen-bond acceptors (Lipinski definition) is 2. The molecule has 18 heavy (non-hydrogen) atoms. The van der Waals surface area contributed by atoms with E-state index in [-0.39, 0.29) is 0 Å². The van der Waals surface area contributed by atoms with Crippen LogP contribution in [0.3, 0.4) is 0 Å². The molecule has 4 nitrogen and oxygen atoms in total. The third-order valence-electron chi connectivity index (χ3n) is 3.32. The van der Waals surface area contributed by atoms with Crippen LogP contribution in [0.4, 0.5) is 5.69 Å². The smallest absolute Gasteiger partial charge is 0.303 e. The zero-order chi connectivity index (χ0) is 13.3. The van der Waals surface area contributed by atoms with Crippen LogP contribution in [0.15, 0.2) is 22.7 Å². The van der Waals surface area contributed by atoms with Gasteiger partial charge in [-0.3, -0.25) is 14.5 Å². The number of fused-ring (bicyclic) bond motifs is 1. The van der Waals surface area contributed by atoms with E-state index in [1.54, 1.807) is 11.0 Å². The molecule has 1 heterocycles. The van der Waals surface area contributed by atoms with Gasteiger partial charge in [-0.2, -0.15) is 0 Å². The molecular formula is C13H16BrN2O2+. The summed E-state index contributed by atoms with van der Waals surface area (Å²) in [5.41, 5.74) is 1.23. The number of nitrogens with one attached hydrogen (secondary N) is 1. The predicted octanol–water partition coefficient (Wildman–Crippen LogP) is 0.861. The first-order valence-electron chi connectivity index (χ1n) is 6.07. The number of benzene rings is 1. The highest BCUT2D eigenvalue weighted by molar-refractivity contribution is 9.10. The van der Waals surface area contributed by atoms with Crippen molar-refractivity contribution < 1.29 is 14.5 Å². The van der Waals surface area contributed by atoms with Crippen LogP contribution < -0.4 is 9.80 Å². The van der Waals surface area contributed by atoms with Crippen LogP contribution in [0.2, 0.25) is 0 Å². The number of amides is 1. The van der Waals surface area contributed by atoms with E-state index in [0.717, 1.165) is 23.2 Å². The second kappa shape index (κ2) is 5.20. The van der Waals surface area contributed by atoms with Crippen molar-refractivity contribution in [3.63, 3.8) is 0 Å². The fourth-order valence-corrected chi connectivity index (χ4v) is 2.49. The third kappa shape index (κ3) is 2.20. The van der Waals surface area contributed by atoms with Gasteiger partial charge in [0.1, 0.15) is 0 Å². The molecule has 0 aromatic heterocycles. The summed E-state index contributed by atoms with van der Waals surface area (Å²) in [6.07, 6.45) is 0. The largest absolute Gasteiger partial charge is 0.318 e. The molecule has 0 unspecified atom stereocenters. The molecule has 0 radical (unpaired) electrons. The van der Waals surface area contributed by atoms with E-state index < -0.39 is 11.7 Å². The van der Waals surface area contributed by atoms with E-state index in [1.807, 2.05) is 12.1 Å². The molecule has 96 valence electrons. The highest BCUT2D eigenvalue weighted by Gasteiger charge is 2.37. The predicted molar refractivity (Wildman–Crippen MR) is 72.9 cm³/mol. The minimum Gasteiger partial charge on any atom is -0.318 e. The Morgan fingerprint density at radius 2 is 1.89 bits per heavy atom. The highest BCUT2D eigenvalue weighted by atomic mass is 79.9. The van der Waals surface area contributed by atoms with Gasteiger partial charge in [0.05, 0.1) is 24.3 Å². The Labute approximate surface area is 115 Å². The van der Waals surface area contributed by atoms with Crippen LogP contribution in [0.25, 0.3) is 0 Å². The number of Topliss-reactive ketones (excluding diaryl/α,β-unsaturated/α-hetero) is 1. The average molecular weight is 312 g/mol. The minimum absolute atomic E-state index is 0.405. The van der Waals surface area contributed by atoms with Crippen LogP contribution in [0.5, 0.6) is 0 Å². The summed E-state index contributed by atoms with van der Waals surface area (Å²) in [5.74, 6) is -0.819. The van der Waals surface area contributed by atoms with Crippen molar-refractivity contribution in [2.24, 2.45) is 0 Å². The molecule has 1 aromatic rings. The first-order valence-corrected chi connectivity index (χ1v) is 6.87. The van der Waals surface area contributed by atoms with Crippen LogP contribution in [0, 0.1) is 0 Å². The quantitative estimate of drug-likeness (QED) is 0.838. The Kier molecular flexibility index (Phi) is 3.82. The molecule has 1 aliphatic rings. The zero-order valence-corrected chi connectivity index (χ0v) is 12.1. The Morgan fingerprint density at radius 1 is 1.22 bits per heavy atom. The van der Waals surface area contributed by atoms with Gasteiger partial charge in [-0.25, -0.2) is 0 Å². The lowest BCUT2D eigenvalue weighted by Crippen LogP contribution is -3.13. The van der Waals surface area contributed by atoms with E-state index in [0.29, 0.717) is 12.2 Å². The summed E-state index contributed by atoms with van der Waals surface area (Å²) in [6.45, 7) is 6.56. The summed E-state index contributed by atoms with van der Waals surface area (Å²) in [6, 6.07) is 5.40. The number of nitrogens with zero attached hydrogens (tertiary/aromatic N) is 1. The van der Waals surface area contributed by atoms with Gasteiger partial charge in [-0.1, -0.05) is 15.9 Å². The number of quaternary nitrogens is 1. The Bertz CT molecular complexity index is 498. The van der Waals surface area contributed by atoms with Crippen molar-refractivity contribution in [2.75, 3.05) is 24.7 Å². The molecule has 1 amide bonds. The van der Waals surface area contributed by atoms with E-state index in [2.05, 4.69) is 29.8 Å². The molecule has 0 spiro atoms. The summed E-state index contributed by atoms with van der Waals surface area (Å²) in [4.78, 5) is 26.7. The lowest BCUT2D eigenvalue weighted by atomic mass is 10.1. The lowest BCUT2D eigenvalue weighted by Gasteiger charge is -2.22. The molecule has 0 bridgehead atoms. The molecule has 0 saturated heterocycles. The van der Waals surface area contributed by atoms with Gasteiger partial charge < -0.3 is 4.90 Å². The third-order valence-corrected chi connectivity index (χ3v) is 3.81. The fourth-order valence-electron chi connectivity index (χ4n) is 2.13. The second-order valence-electron chi connectivity index (χ2n) is 4.34. The van der Waals surface area contributed by atoms with E-state index in [9.17, 15) is 9.59 Å². The number of halogens is 1. The Balaban J connectivity index is 2.34. The molecule has 0 fully saturated rings. The van der Waals surface area contributed by atoms with Gasteiger partial charge in [0.2, 0.25) is 0 Å². The second-order valence-corrected chi connectivity index (χ2v) is 5.25. The maximum atomic E-state index is 12.0. The van der Waals surface area contributed by atoms with Crippen LogP contribution >= 0.6 is 15.9 Å². The van der Waals surface area contributed by atoms with Gasteiger partial charge in [-0.15, -0.1) is 0 Å². The van der Waals surface area contributed by atoms with Crippen molar-refractivity contribution in [2.45, 2.75) is 13.8 Å². The van der Waals surface area contributed by atoms with Crippen LogP contribution in [-0.4, -0.2) is 31.4 Å². The molecule has 5 heteroatoms. The number of hydrogen-bond donors (Lipinski definition) is 1. The van der Waals surface area contributed by atoms with Crippen molar-refractivity contribution in [1.29, 1.82) is 0 Å². The molecule has 1 aromatic carbocycles. The SMILES string of the molecule is CC[NH+](CC)CN1C(=O)C(=O)c2cc(Br)ccc21. The van der Waals surface area contributed by atoms with Gasteiger partial charge in [-0.05, 0) is 32.0 Å². The first kappa shape index (κ1) is 13.2. The zero-order valence-electron chi connectivity index (χ0n) is 10.5. The maximum absolute atomic E-state index is 12.0. The molecule has 1 aliphatic heterocycles. The molecule has 1 N–H and O–H groups in total. The number of carbonyl (C=O) groups excluding carboxylic acids is 2. The summed E-state index contributed by atoms with van der Waals surface area (Å²) >= 11 is 3.32.